The van der Waals surface area contributed by atoms with Crippen molar-refractivity contribution in [3.63, 3.8) is 0 Å². The van der Waals surface area contributed by atoms with Crippen molar-refractivity contribution < 1.29 is 0 Å². The van der Waals surface area contributed by atoms with E-state index in [0.29, 0.717) is 11.8 Å². The molecule has 0 aromatic rings. The minimum absolute atomic E-state index is 0.657. The van der Waals surface area contributed by atoms with Gasteiger partial charge >= 0.3 is 0 Å². The Morgan fingerprint density at radius 3 is 2.53 bits per heavy atom. The number of hydrogen-bond donors (Lipinski definition) is 2. The Morgan fingerprint density at radius 1 is 1.27 bits per heavy atom. The predicted octanol–water partition coefficient (Wildman–Crippen LogP) is 2.00. The van der Waals surface area contributed by atoms with E-state index in [0.717, 1.165) is 31.0 Å². The Hall–Kier alpha value is -0.0800. The summed E-state index contributed by atoms with van der Waals surface area (Å²) < 4.78 is 0. The highest BCUT2D eigenvalue weighted by atomic mass is 14.9. The first-order valence-electron chi connectivity index (χ1n) is 6.64. The summed E-state index contributed by atoms with van der Waals surface area (Å²) in [5.41, 5.74) is 5.79. The van der Waals surface area contributed by atoms with Gasteiger partial charge in [-0.3, -0.25) is 0 Å². The number of fused-ring (bicyclic) bond motifs is 2. The normalized spacial score (nSPS) is 36.4. The van der Waals surface area contributed by atoms with Gasteiger partial charge in [-0.2, -0.15) is 0 Å². The molecule has 0 heterocycles. The third kappa shape index (κ3) is 2.54. The van der Waals surface area contributed by atoms with Crippen molar-refractivity contribution in [1.29, 1.82) is 0 Å². The molecule has 0 aromatic heterocycles. The SMILES string of the molecule is CC(C)C(CN)CNC1CC2CCC1C2. The van der Waals surface area contributed by atoms with Crippen molar-refractivity contribution in [3.8, 4) is 0 Å². The van der Waals surface area contributed by atoms with Gasteiger partial charge in [0.25, 0.3) is 0 Å². The van der Waals surface area contributed by atoms with E-state index < -0.39 is 0 Å². The Bertz CT molecular complexity index is 203. The first-order chi connectivity index (χ1) is 7.20. The maximum Gasteiger partial charge on any atom is 0.00981 e. The van der Waals surface area contributed by atoms with Crippen LogP contribution in [0.15, 0.2) is 0 Å². The molecule has 2 aliphatic rings. The Balaban J connectivity index is 1.73. The van der Waals surface area contributed by atoms with Gasteiger partial charge in [0.15, 0.2) is 0 Å². The largest absolute Gasteiger partial charge is 0.330 e. The van der Waals surface area contributed by atoms with Gasteiger partial charge in [-0.15, -0.1) is 0 Å². The molecule has 0 radical (unpaired) electrons. The summed E-state index contributed by atoms with van der Waals surface area (Å²) in [6.45, 7) is 6.51. The summed E-state index contributed by atoms with van der Waals surface area (Å²) in [5, 5.41) is 3.77. The van der Waals surface area contributed by atoms with Crippen molar-refractivity contribution in [2.75, 3.05) is 13.1 Å². The van der Waals surface area contributed by atoms with Crippen LogP contribution in [0.25, 0.3) is 0 Å². The summed E-state index contributed by atoms with van der Waals surface area (Å²) in [4.78, 5) is 0. The summed E-state index contributed by atoms with van der Waals surface area (Å²) in [5.74, 6) is 3.40. The van der Waals surface area contributed by atoms with Crippen LogP contribution in [0.5, 0.6) is 0 Å². The van der Waals surface area contributed by atoms with E-state index in [-0.39, 0.29) is 0 Å². The lowest BCUT2D eigenvalue weighted by atomic mass is 9.92. The topological polar surface area (TPSA) is 38.0 Å². The second-order valence-corrected chi connectivity index (χ2v) is 5.93. The summed E-state index contributed by atoms with van der Waals surface area (Å²) in [6.07, 6.45) is 5.89. The molecule has 2 rings (SSSR count). The highest BCUT2D eigenvalue weighted by Gasteiger charge is 2.39. The van der Waals surface area contributed by atoms with Crippen LogP contribution in [0.1, 0.15) is 39.5 Å². The van der Waals surface area contributed by atoms with Crippen LogP contribution in [-0.2, 0) is 0 Å². The van der Waals surface area contributed by atoms with Gasteiger partial charge in [0.2, 0.25) is 0 Å². The molecule has 2 nitrogen and oxygen atoms in total. The lowest BCUT2D eigenvalue weighted by Crippen LogP contribution is -2.40. The number of hydrogen-bond acceptors (Lipinski definition) is 2. The molecule has 4 unspecified atom stereocenters. The van der Waals surface area contributed by atoms with Gasteiger partial charge < -0.3 is 11.1 Å². The molecule has 88 valence electrons. The molecule has 0 saturated heterocycles. The van der Waals surface area contributed by atoms with Crippen LogP contribution in [0.4, 0.5) is 0 Å². The van der Waals surface area contributed by atoms with Crippen LogP contribution < -0.4 is 11.1 Å². The predicted molar refractivity (Wildman–Crippen MR) is 64.6 cm³/mol. The summed E-state index contributed by atoms with van der Waals surface area (Å²) in [6, 6.07) is 0.816. The lowest BCUT2D eigenvalue weighted by Gasteiger charge is -2.27. The fraction of sp³-hybridized carbons (Fsp3) is 1.00. The maximum atomic E-state index is 5.79. The highest BCUT2D eigenvalue weighted by molar-refractivity contribution is 4.94. The van der Waals surface area contributed by atoms with Crippen LogP contribution in [0.3, 0.4) is 0 Å². The van der Waals surface area contributed by atoms with Gasteiger partial charge in [-0.25, -0.2) is 0 Å². The smallest absolute Gasteiger partial charge is 0.00981 e. The zero-order valence-electron chi connectivity index (χ0n) is 10.2. The van der Waals surface area contributed by atoms with Crippen molar-refractivity contribution in [2.45, 2.75) is 45.6 Å². The van der Waals surface area contributed by atoms with Crippen LogP contribution in [0, 0.1) is 23.7 Å². The van der Waals surface area contributed by atoms with Gasteiger partial charge in [-0.1, -0.05) is 20.3 Å². The van der Waals surface area contributed by atoms with E-state index in [4.69, 9.17) is 5.73 Å². The average Bonchev–Trinajstić information content (AvgIpc) is 2.79. The van der Waals surface area contributed by atoms with E-state index >= 15 is 0 Å². The van der Waals surface area contributed by atoms with E-state index in [9.17, 15) is 0 Å². The Morgan fingerprint density at radius 2 is 2.07 bits per heavy atom. The van der Waals surface area contributed by atoms with E-state index in [1.165, 1.54) is 25.7 Å². The molecule has 2 bridgehead atoms. The Kier molecular flexibility index (Phi) is 3.68. The zero-order chi connectivity index (χ0) is 10.8. The number of nitrogens with two attached hydrogens (primary N) is 1. The van der Waals surface area contributed by atoms with Crippen molar-refractivity contribution in [2.24, 2.45) is 29.4 Å². The van der Waals surface area contributed by atoms with Crippen molar-refractivity contribution in [1.82, 2.24) is 5.32 Å². The third-order valence-electron chi connectivity index (χ3n) is 4.63. The number of nitrogens with one attached hydrogen (secondary N) is 1. The fourth-order valence-corrected chi connectivity index (χ4v) is 3.39. The number of rotatable bonds is 5. The second-order valence-electron chi connectivity index (χ2n) is 5.93. The molecule has 0 amide bonds. The van der Waals surface area contributed by atoms with E-state index in [1.807, 2.05) is 0 Å². The molecule has 0 aromatic carbocycles. The molecule has 4 atom stereocenters. The standard InChI is InChI=1S/C13H26N2/c1-9(2)12(7-14)8-15-13-6-10-3-4-11(13)5-10/h9-13,15H,3-8,14H2,1-2H3. The van der Waals surface area contributed by atoms with Crippen LogP contribution in [-0.4, -0.2) is 19.1 Å². The third-order valence-corrected chi connectivity index (χ3v) is 4.63. The minimum atomic E-state index is 0.657. The first-order valence-corrected chi connectivity index (χ1v) is 6.64. The lowest BCUT2D eigenvalue weighted by molar-refractivity contribution is 0.300. The second kappa shape index (κ2) is 4.84. The summed E-state index contributed by atoms with van der Waals surface area (Å²) >= 11 is 0. The monoisotopic (exact) mass is 210 g/mol. The molecular formula is C13H26N2. The van der Waals surface area contributed by atoms with Crippen LogP contribution in [0.2, 0.25) is 0 Å². The fourth-order valence-electron chi connectivity index (χ4n) is 3.39. The first kappa shape index (κ1) is 11.4. The van der Waals surface area contributed by atoms with Gasteiger partial charge in [-0.05, 0) is 56.0 Å². The zero-order valence-corrected chi connectivity index (χ0v) is 10.2. The van der Waals surface area contributed by atoms with Crippen LogP contribution >= 0.6 is 0 Å². The van der Waals surface area contributed by atoms with Crippen molar-refractivity contribution >= 4 is 0 Å². The van der Waals surface area contributed by atoms with Gasteiger partial charge in [0.05, 0.1) is 0 Å². The van der Waals surface area contributed by atoms with E-state index in [1.54, 1.807) is 0 Å². The molecule has 15 heavy (non-hydrogen) atoms. The quantitative estimate of drug-likeness (QED) is 0.728. The minimum Gasteiger partial charge on any atom is -0.330 e. The van der Waals surface area contributed by atoms with Gasteiger partial charge in [0.1, 0.15) is 0 Å². The average molecular weight is 210 g/mol. The molecule has 0 spiro atoms. The molecule has 2 saturated carbocycles. The van der Waals surface area contributed by atoms with E-state index in [2.05, 4.69) is 19.2 Å². The maximum absolute atomic E-state index is 5.79. The molecule has 2 fully saturated rings. The van der Waals surface area contributed by atoms with Crippen molar-refractivity contribution in [3.05, 3.63) is 0 Å². The summed E-state index contributed by atoms with van der Waals surface area (Å²) in [7, 11) is 0. The molecular weight excluding hydrogens is 184 g/mol. The molecule has 3 N–H and O–H groups in total. The Labute approximate surface area is 94.0 Å². The highest BCUT2D eigenvalue weighted by Crippen LogP contribution is 2.44. The molecule has 2 heteroatoms. The molecule has 0 aliphatic heterocycles. The van der Waals surface area contributed by atoms with Gasteiger partial charge in [0, 0.05) is 6.04 Å². The molecule has 2 aliphatic carbocycles.